The van der Waals surface area contributed by atoms with Crippen molar-refractivity contribution in [2.75, 3.05) is 0 Å². The zero-order valence-corrected chi connectivity index (χ0v) is 23.0. The molecule has 6 nitrogen and oxygen atoms in total. The van der Waals surface area contributed by atoms with Crippen molar-refractivity contribution in [2.45, 2.75) is 97.5 Å². The molecule has 0 spiro atoms. The summed E-state index contributed by atoms with van der Waals surface area (Å²) in [7, 11) is -2.22. The molecule has 0 saturated heterocycles. The summed E-state index contributed by atoms with van der Waals surface area (Å²) in [5, 5.41) is 9.73. The summed E-state index contributed by atoms with van der Waals surface area (Å²) >= 11 is 7.86. The van der Waals surface area contributed by atoms with Gasteiger partial charge in [-0.05, 0) is 58.8 Å². The van der Waals surface area contributed by atoms with Gasteiger partial charge in [0.1, 0.15) is 22.5 Å². The van der Waals surface area contributed by atoms with Crippen molar-refractivity contribution in [3.05, 3.63) is 28.2 Å². The number of ether oxygens (including phenoxy) is 1. The highest BCUT2D eigenvalue weighted by Crippen LogP contribution is 2.41. The molecule has 2 rings (SSSR count). The van der Waals surface area contributed by atoms with Gasteiger partial charge >= 0.3 is 5.97 Å². The van der Waals surface area contributed by atoms with E-state index >= 15 is 0 Å². The van der Waals surface area contributed by atoms with E-state index < -0.39 is 20.0 Å². The van der Waals surface area contributed by atoms with Gasteiger partial charge in [-0.15, -0.1) is 33.1 Å². The number of hydrogen-bond donors (Lipinski definition) is 0. The van der Waals surface area contributed by atoms with Crippen LogP contribution < -0.4 is 0 Å². The first kappa shape index (κ1) is 26.0. The second kappa shape index (κ2) is 9.33. The van der Waals surface area contributed by atoms with Gasteiger partial charge in [0, 0.05) is 10.4 Å². The molecule has 31 heavy (non-hydrogen) atoms. The number of esters is 1. The molecule has 0 aliphatic rings. The Morgan fingerprint density at radius 3 is 2.32 bits per heavy atom. The molecule has 0 N–H and O–H groups in total. The Morgan fingerprint density at radius 2 is 1.81 bits per heavy atom. The van der Waals surface area contributed by atoms with Gasteiger partial charge in [-0.2, -0.15) is 0 Å². The average molecular weight is 486 g/mol. The molecule has 1 atom stereocenters. The van der Waals surface area contributed by atoms with Crippen LogP contribution in [0.2, 0.25) is 18.1 Å². The van der Waals surface area contributed by atoms with Gasteiger partial charge in [0.15, 0.2) is 14.1 Å². The standard InChI is InChI=1S/C22H36ClN3O3SSi/c1-14-11-16(13-23)20(30-14)26-15(2)24-25-19(26)17(12-18(27)28-21(3,4)5)29-31(9,10)22(6,7)8/h11,17H,12-13H2,1-10H3. The van der Waals surface area contributed by atoms with E-state index in [2.05, 4.69) is 50.1 Å². The van der Waals surface area contributed by atoms with E-state index in [4.69, 9.17) is 20.8 Å². The molecular weight excluding hydrogens is 450 g/mol. The third-order valence-electron chi connectivity index (χ3n) is 5.41. The predicted molar refractivity (Wildman–Crippen MR) is 130 cm³/mol. The highest BCUT2D eigenvalue weighted by molar-refractivity contribution is 7.14. The zero-order valence-electron chi connectivity index (χ0n) is 20.4. The van der Waals surface area contributed by atoms with Crippen molar-refractivity contribution in [2.24, 2.45) is 0 Å². The van der Waals surface area contributed by atoms with Crippen LogP contribution in [0.4, 0.5) is 0 Å². The highest BCUT2D eigenvalue weighted by atomic mass is 35.5. The van der Waals surface area contributed by atoms with Crippen molar-refractivity contribution in [1.82, 2.24) is 14.8 Å². The molecule has 9 heteroatoms. The maximum atomic E-state index is 12.8. The van der Waals surface area contributed by atoms with Crippen LogP contribution in [0.25, 0.3) is 5.00 Å². The van der Waals surface area contributed by atoms with Crippen LogP contribution in [-0.2, 0) is 19.8 Å². The lowest BCUT2D eigenvalue weighted by Gasteiger charge is -2.39. The molecular formula is C22H36ClN3O3SSi. The molecule has 1 unspecified atom stereocenters. The molecule has 0 aliphatic heterocycles. The second-order valence-electron chi connectivity index (χ2n) is 10.4. The SMILES string of the molecule is Cc1cc(CCl)c(-n2c(C)nnc2C(CC(=O)OC(C)(C)C)O[Si](C)(C)C(C)(C)C)s1. The Kier molecular flexibility index (Phi) is 7.84. The fourth-order valence-corrected chi connectivity index (χ4v) is 5.55. The number of carbonyl (C=O) groups excluding carboxylic acids is 1. The van der Waals surface area contributed by atoms with Crippen LogP contribution in [0.3, 0.4) is 0 Å². The summed E-state index contributed by atoms with van der Waals surface area (Å²) in [6.07, 6.45) is -0.495. The molecule has 0 fully saturated rings. The third-order valence-corrected chi connectivity index (χ3v) is 11.3. The molecule has 174 valence electrons. The number of carbonyl (C=O) groups is 1. The van der Waals surface area contributed by atoms with Crippen LogP contribution in [0, 0.1) is 13.8 Å². The monoisotopic (exact) mass is 485 g/mol. The summed E-state index contributed by atoms with van der Waals surface area (Å²) < 4.78 is 14.3. The van der Waals surface area contributed by atoms with Gasteiger partial charge < -0.3 is 9.16 Å². The minimum Gasteiger partial charge on any atom is -0.460 e. The summed E-state index contributed by atoms with van der Waals surface area (Å²) in [6, 6.07) is 2.08. The van der Waals surface area contributed by atoms with E-state index in [1.807, 2.05) is 39.2 Å². The van der Waals surface area contributed by atoms with Gasteiger partial charge in [-0.1, -0.05) is 20.8 Å². The van der Waals surface area contributed by atoms with Crippen LogP contribution >= 0.6 is 22.9 Å². The quantitative estimate of drug-likeness (QED) is 0.255. The van der Waals surface area contributed by atoms with Crippen molar-refractivity contribution < 1.29 is 14.0 Å². The van der Waals surface area contributed by atoms with Crippen molar-refractivity contribution in [3.63, 3.8) is 0 Å². The van der Waals surface area contributed by atoms with E-state index in [-0.39, 0.29) is 17.4 Å². The first-order chi connectivity index (χ1) is 14.1. The largest absolute Gasteiger partial charge is 0.460 e. The van der Waals surface area contributed by atoms with Crippen molar-refractivity contribution >= 4 is 37.2 Å². The zero-order chi connectivity index (χ0) is 23.8. The summed E-state index contributed by atoms with van der Waals surface area (Å²) in [5.41, 5.74) is 0.440. The Morgan fingerprint density at radius 1 is 1.19 bits per heavy atom. The highest BCUT2D eigenvalue weighted by Gasteiger charge is 2.41. The van der Waals surface area contributed by atoms with Crippen LogP contribution in [0.5, 0.6) is 0 Å². The molecule has 0 amide bonds. The minimum atomic E-state index is -2.22. The molecule has 2 aromatic heterocycles. The topological polar surface area (TPSA) is 66.2 Å². The lowest BCUT2D eigenvalue weighted by atomic mass is 10.2. The normalized spacial score (nSPS) is 14.0. The number of halogens is 1. The molecule has 0 radical (unpaired) electrons. The van der Waals surface area contributed by atoms with Gasteiger partial charge in [0.2, 0.25) is 0 Å². The van der Waals surface area contributed by atoms with Crippen LogP contribution in [0.15, 0.2) is 6.07 Å². The summed E-state index contributed by atoms with van der Waals surface area (Å²) in [5.74, 6) is 1.41. The Balaban J connectivity index is 2.55. The maximum Gasteiger partial charge on any atom is 0.309 e. The first-order valence-electron chi connectivity index (χ1n) is 10.5. The maximum absolute atomic E-state index is 12.8. The van der Waals surface area contributed by atoms with Gasteiger partial charge in [-0.25, -0.2) is 0 Å². The minimum absolute atomic E-state index is 0.0279. The van der Waals surface area contributed by atoms with Gasteiger partial charge in [-0.3, -0.25) is 9.36 Å². The molecule has 2 aromatic rings. The fraction of sp³-hybridized carbons (Fsp3) is 0.682. The summed E-state index contributed by atoms with van der Waals surface area (Å²) in [4.78, 5) is 13.9. The van der Waals surface area contributed by atoms with Gasteiger partial charge in [0.25, 0.3) is 0 Å². The summed E-state index contributed by atoms with van der Waals surface area (Å²) in [6.45, 7) is 20.4. The number of nitrogens with zero attached hydrogens (tertiary/aromatic N) is 3. The van der Waals surface area contributed by atoms with E-state index in [1.165, 1.54) is 0 Å². The molecule has 0 bridgehead atoms. The van der Waals surface area contributed by atoms with Crippen molar-refractivity contribution in [3.8, 4) is 5.00 Å². The lowest BCUT2D eigenvalue weighted by Crippen LogP contribution is -2.42. The number of hydrogen-bond acceptors (Lipinski definition) is 6. The van der Waals surface area contributed by atoms with Gasteiger partial charge in [0.05, 0.1) is 12.3 Å². The molecule has 0 aliphatic carbocycles. The Labute approximate surface area is 196 Å². The molecule has 0 saturated carbocycles. The number of alkyl halides is 1. The number of aromatic nitrogens is 3. The van der Waals surface area contributed by atoms with E-state index in [1.54, 1.807) is 11.3 Å². The smallest absolute Gasteiger partial charge is 0.309 e. The van der Waals surface area contributed by atoms with Crippen molar-refractivity contribution in [1.29, 1.82) is 0 Å². The fourth-order valence-electron chi connectivity index (χ4n) is 2.93. The Bertz CT molecular complexity index is 926. The third kappa shape index (κ3) is 6.40. The predicted octanol–water partition coefficient (Wildman–Crippen LogP) is 6.48. The second-order valence-corrected chi connectivity index (χ2v) is 16.7. The van der Waals surface area contributed by atoms with Crippen LogP contribution in [0.1, 0.15) is 76.2 Å². The van der Waals surface area contributed by atoms with E-state index in [0.717, 1.165) is 21.3 Å². The molecule has 0 aromatic carbocycles. The van der Waals surface area contributed by atoms with Crippen LogP contribution in [-0.4, -0.2) is 34.7 Å². The van der Waals surface area contributed by atoms with E-state index in [9.17, 15) is 4.79 Å². The Hall–Kier alpha value is -1.22. The van der Waals surface area contributed by atoms with E-state index in [0.29, 0.717) is 11.7 Å². The number of rotatable bonds is 7. The number of aryl methyl sites for hydroxylation is 2. The lowest BCUT2D eigenvalue weighted by molar-refractivity contribution is -0.157. The average Bonchev–Trinajstić information content (AvgIpc) is 3.13. The first-order valence-corrected chi connectivity index (χ1v) is 14.8. The molecule has 2 heterocycles. The number of thiophene rings is 1.